The molecule has 0 N–H and O–H groups in total. The lowest BCUT2D eigenvalue weighted by Crippen LogP contribution is -2.20. The van der Waals surface area contributed by atoms with Crippen molar-refractivity contribution in [2.45, 2.75) is 19.3 Å². The van der Waals surface area contributed by atoms with Crippen LogP contribution in [0.5, 0.6) is 23.0 Å². The number of nitrogens with zero attached hydrogens (tertiary/aromatic N) is 2. The molecule has 290 valence electrons. The van der Waals surface area contributed by atoms with E-state index < -0.39 is 0 Å². The highest BCUT2D eigenvalue weighted by atomic mass is 16.5. The molecular weight excluding hydrogens is 745 g/mol. The first kappa shape index (κ1) is 35.2. The molecule has 2 heterocycles. The van der Waals surface area contributed by atoms with Gasteiger partial charge in [0.15, 0.2) is 23.0 Å². The molecule has 4 nitrogen and oxygen atoms in total. The van der Waals surface area contributed by atoms with Crippen LogP contribution in [0.2, 0.25) is 0 Å². The van der Waals surface area contributed by atoms with E-state index in [-0.39, 0.29) is 5.41 Å². The van der Waals surface area contributed by atoms with Gasteiger partial charge in [0.05, 0.1) is 11.4 Å². The SMILES string of the molecule is CC1(C)c2ccccc2-c2ccc(N(c3ccc(-c4ccccc4)cc3)c3ccc(-c4cccc(-c5cc6c7c(c5)Oc5ccccc5N7c5ccccc5O6)c4)cc3)cc21. The fraction of sp³-hybridized carbons (Fsp3) is 0.0526. The summed E-state index contributed by atoms with van der Waals surface area (Å²) in [7, 11) is 0. The minimum absolute atomic E-state index is 0.109. The lowest BCUT2D eigenvalue weighted by Gasteiger charge is -2.38. The third-order valence-electron chi connectivity index (χ3n) is 12.6. The second-order valence-electron chi connectivity index (χ2n) is 16.6. The monoisotopic (exact) mass is 784 g/mol. The molecule has 0 aromatic heterocycles. The lowest BCUT2D eigenvalue weighted by atomic mass is 9.82. The molecule has 0 unspecified atom stereocenters. The van der Waals surface area contributed by atoms with Crippen molar-refractivity contribution in [3.63, 3.8) is 0 Å². The molecule has 2 aliphatic heterocycles. The Morgan fingerprint density at radius 1 is 0.361 bits per heavy atom. The Kier molecular flexibility index (Phi) is 7.85. The van der Waals surface area contributed by atoms with Crippen molar-refractivity contribution in [1.29, 1.82) is 0 Å². The molecule has 3 aliphatic rings. The zero-order chi connectivity index (χ0) is 40.7. The van der Waals surface area contributed by atoms with Crippen LogP contribution in [0.3, 0.4) is 0 Å². The first-order valence-electron chi connectivity index (χ1n) is 20.9. The van der Waals surface area contributed by atoms with Gasteiger partial charge in [0, 0.05) is 22.5 Å². The Bertz CT molecular complexity index is 3100. The summed E-state index contributed by atoms with van der Waals surface area (Å²) >= 11 is 0. The summed E-state index contributed by atoms with van der Waals surface area (Å²) in [4.78, 5) is 4.64. The molecule has 0 saturated heterocycles. The van der Waals surface area contributed by atoms with Gasteiger partial charge in [-0.15, -0.1) is 0 Å². The molecule has 9 aromatic carbocycles. The smallest absolute Gasteiger partial charge is 0.156 e. The van der Waals surface area contributed by atoms with Gasteiger partial charge >= 0.3 is 0 Å². The zero-order valence-corrected chi connectivity index (χ0v) is 33.8. The molecule has 0 atom stereocenters. The van der Waals surface area contributed by atoms with Crippen molar-refractivity contribution in [2.75, 3.05) is 9.80 Å². The van der Waals surface area contributed by atoms with E-state index in [1.54, 1.807) is 0 Å². The predicted octanol–water partition coefficient (Wildman–Crippen LogP) is 16.1. The van der Waals surface area contributed by atoms with Crippen LogP contribution in [0.15, 0.2) is 206 Å². The van der Waals surface area contributed by atoms with Gasteiger partial charge in [-0.1, -0.05) is 141 Å². The maximum Gasteiger partial charge on any atom is 0.156 e. The lowest BCUT2D eigenvalue weighted by molar-refractivity contribution is 0.446. The van der Waals surface area contributed by atoms with E-state index in [2.05, 4.69) is 194 Å². The van der Waals surface area contributed by atoms with Gasteiger partial charge in [-0.3, -0.25) is 4.90 Å². The minimum Gasteiger partial charge on any atom is -0.453 e. The number of rotatable bonds is 6. The molecule has 0 radical (unpaired) electrons. The van der Waals surface area contributed by atoms with Crippen LogP contribution < -0.4 is 19.3 Å². The number of hydrogen-bond donors (Lipinski definition) is 0. The van der Waals surface area contributed by atoms with Gasteiger partial charge in [0.2, 0.25) is 0 Å². The Balaban J connectivity index is 0.912. The van der Waals surface area contributed by atoms with Crippen LogP contribution in [0.4, 0.5) is 34.1 Å². The van der Waals surface area contributed by atoms with E-state index in [0.717, 1.165) is 79.4 Å². The minimum atomic E-state index is -0.109. The van der Waals surface area contributed by atoms with Crippen molar-refractivity contribution >= 4 is 34.1 Å². The summed E-state index contributed by atoms with van der Waals surface area (Å²) in [6.45, 7) is 4.69. The van der Waals surface area contributed by atoms with Crippen LogP contribution >= 0.6 is 0 Å². The quantitative estimate of drug-likeness (QED) is 0.168. The van der Waals surface area contributed by atoms with Crippen LogP contribution in [0.25, 0.3) is 44.5 Å². The van der Waals surface area contributed by atoms with Gasteiger partial charge in [-0.25, -0.2) is 0 Å². The Morgan fingerprint density at radius 2 is 0.852 bits per heavy atom. The van der Waals surface area contributed by atoms with Crippen molar-refractivity contribution in [2.24, 2.45) is 0 Å². The maximum atomic E-state index is 6.58. The van der Waals surface area contributed by atoms with Crippen LogP contribution in [0, 0.1) is 0 Å². The molecule has 1 aliphatic carbocycles. The summed E-state index contributed by atoms with van der Waals surface area (Å²) in [5.41, 5.74) is 18.3. The summed E-state index contributed by atoms with van der Waals surface area (Å²) in [6, 6.07) is 73.7. The first-order valence-corrected chi connectivity index (χ1v) is 20.9. The highest BCUT2D eigenvalue weighted by Gasteiger charge is 2.37. The third-order valence-corrected chi connectivity index (χ3v) is 12.6. The Labute approximate surface area is 356 Å². The summed E-state index contributed by atoms with van der Waals surface area (Å²) in [5.74, 6) is 3.18. The molecule has 0 amide bonds. The van der Waals surface area contributed by atoms with E-state index in [1.807, 2.05) is 36.4 Å². The van der Waals surface area contributed by atoms with E-state index in [0.29, 0.717) is 0 Å². The number of benzene rings is 9. The van der Waals surface area contributed by atoms with Crippen molar-refractivity contribution in [3.8, 4) is 67.5 Å². The van der Waals surface area contributed by atoms with E-state index in [4.69, 9.17) is 9.47 Å². The van der Waals surface area contributed by atoms with Crippen molar-refractivity contribution in [3.05, 3.63) is 217 Å². The second kappa shape index (κ2) is 13.6. The summed E-state index contributed by atoms with van der Waals surface area (Å²) < 4.78 is 13.2. The fourth-order valence-corrected chi connectivity index (χ4v) is 9.58. The maximum absolute atomic E-state index is 6.58. The summed E-state index contributed by atoms with van der Waals surface area (Å²) in [5, 5.41) is 0. The van der Waals surface area contributed by atoms with E-state index in [9.17, 15) is 0 Å². The highest BCUT2D eigenvalue weighted by Crippen LogP contribution is 2.60. The highest BCUT2D eigenvalue weighted by molar-refractivity contribution is 5.95. The zero-order valence-electron chi connectivity index (χ0n) is 33.8. The molecule has 0 spiro atoms. The predicted molar refractivity (Wildman–Crippen MR) is 250 cm³/mol. The van der Waals surface area contributed by atoms with Gasteiger partial charge in [-0.2, -0.15) is 0 Å². The number of para-hydroxylation sites is 4. The normalized spacial score (nSPS) is 13.4. The number of hydrogen-bond acceptors (Lipinski definition) is 4. The number of anilines is 6. The van der Waals surface area contributed by atoms with Gasteiger partial charge < -0.3 is 14.4 Å². The van der Waals surface area contributed by atoms with E-state index >= 15 is 0 Å². The number of ether oxygens (including phenoxy) is 2. The fourth-order valence-electron chi connectivity index (χ4n) is 9.58. The standard InChI is InChI=1S/C57H40N2O2/c1-57(2)48-18-7-6-17-46(48)47-32-31-45(36-49(47)57)58(43-27-23-38(24-28-43)37-13-4-3-5-14-37)44-29-25-39(26-30-44)40-15-12-16-41(33-40)42-34-54-56-55(35-42)61-53-22-11-9-20-51(53)59(56)50-19-8-10-21-52(50)60-54/h3-36H,1-2H3. The van der Waals surface area contributed by atoms with Crippen LogP contribution in [0.1, 0.15) is 25.0 Å². The first-order chi connectivity index (χ1) is 30.0. The second-order valence-corrected chi connectivity index (χ2v) is 16.6. The topological polar surface area (TPSA) is 24.9 Å². The average molecular weight is 785 g/mol. The van der Waals surface area contributed by atoms with Gasteiger partial charge in [-0.05, 0) is 134 Å². The molecule has 0 saturated carbocycles. The van der Waals surface area contributed by atoms with Crippen molar-refractivity contribution in [1.82, 2.24) is 0 Å². The molecule has 12 rings (SSSR count). The summed E-state index contributed by atoms with van der Waals surface area (Å²) in [6.07, 6.45) is 0. The largest absolute Gasteiger partial charge is 0.453 e. The molecule has 0 fully saturated rings. The van der Waals surface area contributed by atoms with Crippen molar-refractivity contribution < 1.29 is 9.47 Å². The third kappa shape index (κ3) is 5.67. The van der Waals surface area contributed by atoms with Crippen LogP contribution in [-0.2, 0) is 5.41 Å². The Hall–Kier alpha value is -7.82. The van der Waals surface area contributed by atoms with E-state index in [1.165, 1.54) is 33.4 Å². The molecule has 4 heteroatoms. The Morgan fingerprint density at radius 3 is 1.51 bits per heavy atom. The number of fused-ring (bicyclic) bond motifs is 7. The van der Waals surface area contributed by atoms with Gasteiger partial charge in [0.25, 0.3) is 0 Å². The molecule has 0 bridgehead atoms. The molecular formula is C57H40N2O2. The molecule has 9 aromatic rings. The van der Waals surface area contributed by atoms with Gasteiger partial charge in [0.1, 0.15) is 5.69 Å². The van der Waals surface area contributed by atoms with Crippen LogP contribution in [-0.4, -0.2) is 0 Å². The average Bonchev–Trinajstić information content (AvgIpc) is 3.54. The molecule has 61 heavy (non-hydrogen) atoms.